The van der Waals surface area contributed by atoms with Crippen molar-refractivity contribution in [3.05, 3.63) is 144 Å². The maximum Gasteiger partial charge on any atom is 0.207 e. The molecule has 47 heavy (non-hydrogen) atoms. The molecule has 0 N–H and O–H groups in total. The molecule has 0 spiro atoms. The number of para-hydroxylation sites is 2. The Bertz CT molecular complexity index is 2510. The van der Waals surface area contributed by atoms with Crippen molar-refractivity contribution in [3.8, 4) is 22.3 Å². The zero-order valence-electron chi connectivity index (χ0n) is 26.7. The molecule has 0 radical (unpaired) electrons. The fraction of sp³-hybridized carbons (Fsp3) is 0.0952. The van der Waals surface area contributed by atoms with E-state index in [2.05, 4.69) is 52.0 Å². The number of hydrogen-bond donors (Lipinski definition) is 0. The minimum atomic E-state index is -4.02. The van der Waals surface area contributed by atoms with Crippen molar-refractivity contribution in [1.29, 1.82) is 0 Å². The number of sulfone groups is 1. The predicted octanol–water partition coefficient (Wildman–Crippen LogP) is 10.5. The smallest absolute Gasteiger partial charge is 0.207 e. The SMILES string of the molecule is Cc1cc2nc3ccccc3cc2c(-c2ccccc2S(=O)(=O)c2ccccc2-c2c(C)c(C)cc3nc4ccccc4cc23)c1C. The molecule has 2 heterocycles. The quantitative estimate of drug-likeness (QED) is 0.182. The molecule has 0 saturated carbocycles. The molecule has 228 valence electrons. The first kappa shape index (κ1) is 29.0. The first-order valence-corrected chi connectivity index (χ1v) is 17.2. The Labute approximate surface area is 274 Å². The van der Waals surface area contributed by atoms with Gasteiger partial charge in [0.05, 0.1) is 31.9 Å². The van der Waals surface area contributed by atoms with Crippen molar-refractivity contribution < 1.29 is 8.42 Å². The Hall–Kier alpha value is -5.39. The number of pyridine rings is 2. The van der Waals surface area contributed by atoms with Crippen LogP contribution >= 0.6 is 0 Å². The maximum absolute atomic E-state index is 15.1. The highest BCUT2D eigenvalue weighted by Crippen LogP contribution is 2.43. The molecule has 0 amide bonds. The molecule has 0 bridgehead atoms. The normalized spacial score (nSPS) is 12.0. The lowest BCUT2D eigenvalue weighted by molar-refractivity contribution is 0.596. The Morgan fingerprint density at radius 2 is 0.830 bits per heavy atom. The molecule has 0 atom stereocenters. The first-order chi connectivity index (χ1) is 22.7. The highest BCUT2D eigenvalue weighted by atomic mass is 32.2. The van der Waals surface area contributed by atoms with Gasteiger partial charge in [0.25, 0.3) is 0 Å². The summed E-state index contributed by atoms with van der Waals surface area (Å²) >= 11 is 0. The van der Waals surface area contributed by atoms with Crippen molar-refractivity contribution in [2.75, 3.05) is 0 Å². The van der Waals surface area contributed by atoms with Gasteiger partial charge in [-0.15, -0.1) is 0 Å². The minimum Gasteiger partial charge on any atom is -0.248 e. The lowest BCUT2D eigenvalue weighted by Gasteiger charge is -2.20. The van der Waals surface area contributed by atoms with Crippen molar-refractivity contribution >= 4 is 53.4 Å². The van der Waals surface area contributed by atoms with Gasteiger partial charge in [0.1, 0.15) is 0 Å². The molecule has 8 aromatic rings. The van der Waals surface area contributed by atoms with Crippen molar-refractivity contribution in [3.63, 3.8) is 0 Å². The molecule has 4 nitrogen and oxygen atoms in total. The van der Waals surface area contributed by atoms with E-state index in [0.29, 0.717) is 11.1 Å². The number of benzene rings is 6. The number of aromatic nitrogens is 2. The fourth-order valence-electron chi connectivity index (χ4n) is 6.93. The summed E-state index contributed by atoms with van der Waals surface area (Å²) in [7, 11) is -4.02. The second kappa shape index (κ2) is 10.9. The number of nitrogens with zero attached hydrogens (tertiary/aromatic N) is 2. The monoisotopic (exact) mass is 628 g/mol. The lowest BCUT2D eigenvalue weighted by Crippen LogP contribution is -2.07. The lowest BCUT2D eigenvalue weighted by atomic mass is 9.92. The topological polar surface area (TPSA) is 59.9 Å². The second-order valence-corrected chi connectivity index (χ2v) is 14.3. The Morgan fingerprint density at radius 1 is 0.447 bits per heavy atom. The summed E-state index contributed by atoms with van der Waals surface area (Å²) < 4.78 is 30.2. The van der Waals surface area contributed by atoms with Gasteiger partial charge < -0.3 is 0 Å². The van der Waals surface area contributed by atoms with E-state index < -0.39 is 9.84 Å². The third-order valence-corrected chi connectivity index (χ3v) is 11.4. The largest absolute Gasteiger partial charge is 0.248 e. The summed E-state index contributed by atoms with van der Waals surface area (Å²) in [5.74, 6) is 0. The summed E-state index contributed by atoms with van der Waals surface area (Å²) in [5.41, 5.74) is 10.8. The van der Waals surface area contributed by atoms with E-state index in [1.807, 2.05) is 84.9 Å². The Kier molecular flexibility index (Phi) is 6.71. The van der Waals surface area contributed by atoms with Crippen LogP contribution in [-0.4, -0.2) is 18.4 Å². The summed E-state index contributed by atoms with van der Waals surface area (Å²) in [6, 6.07) is 39.3. The standard InChI is InChI=1S/C42H32N2O2S/c1-25-21-37-33(23-29-13-5-9-17-35(29)43-37)41(27(25)3)31-15-7-11-19-39(31)47(45,46)40-20-12-8-16-32(40)42-28(4)26(2)22-38-34(42)24-30-14-6-10-18-36(30)44-38/h5-24H,1-4H3. The van der Waals surface area contributed by atoms with Crippen LogP contribution in [0.25, 0.3) is 65.9 Å². The molecule has 8 rings (SSSR count). The number of fused-ring (bicyclic) bond motifs is 4. The highest BCUT2D eigenvalue weighted by molar-refractivity contribution is 7.91. The van der Waals surface area contributed by atoms with Gasteiger partial charge in [0.2, 0.25) is 9.84 Å². The van der Waals surface area contributed by atoms with Gasteiger partial charge in [-0.05, 0) is 110 Å². The summed E-state index contributed by atoms with van der Waals surface area (Å²) in [6.07, 6.45) is 0. The average Bonchev–Trinajstić information content (AvgIpc) is 3.08. The van der Waals surface area contributed by atoms with E-state index in [1.165, 1.54) is 0 Å². The van der Waals surface area contributed by atoms with E-state index in [1.54, 1.807) is 12.1 Å². The molecule has 0 saturated heterocycles. The molecular weight excluding hydrogens is 597 g/mol. The molecule has 0 aliphatic carbocycles. The summed E-state index contributed by atoms with van der Waals surface area (Å²) in [5, 5.41) is 3.89. The molecule has 0 fully saturated rings. The third-order valence-electron chi connectivity index (χ3n) is 9.58. The Balaban J connectivity index is 1.40. The predicted molar refractivity (Wildman–Crippen MR) is 194 cm³/mol. The van der Waals surface area contributed by atoms with E-state index >= 15 is 8.42 Å². The van der Waals surface area contributed by atoms with Crippen LogP contribution in [0.4, 0.5) is 0 Å². The van der Waals surface area contributed by atoms with Crippen molar-refractivity contribution in [1.82, 2.24) is 9.97 Å². The average molecular weight is 629 g/mol. The summed E-state index contributed by atoms with van der Waals surface area (Å²) in [6.45, 7) is 8.25. The number of aryl methyl sites for hydroxylation is 2. The highest BCUT2D eigenvalue weighted by Gasteiger charge is 2.28. The zero-order valence-corrected chi connectivity index (χ0v) is 27.5. The van der Waals surface area contributed by atoms with Crippen LogP contribution in [0, 0.1) is 27.7 Å². The molecular formula is C42H32N2O2S. The van der Waals surface area contributed by atoms with Crippen LogP contribution in [0.1, 0.15) is 22.3 Å². The minimum absolute atomic E-state index is 0.272. The van der Waals surface area contributed by atoms with Gasteiger partial charge in [-0.3, -0.25) is 0 Å². The van der Waals surface area contributed by atoms with E-state index in [4.69, 9.17) is 9.97 Å². The van der Waals surface area contributed by atoms with Crippen LogP contribution in [-0.2, 0) is 9.84 Å². The van der Waals surface area contributed by atoms with Crippen LogP contribution < -0.4 is 0 Å². The molecule has 6 aromatic carbocycles. The number of hydrogen-bond acceptors (Lipinski definition) is 4. The van der Waals surface area contributed by atoms with Crippen LogP contribution in [0.2, 0.25) is 0 Å². The fourth-order valence-corrected chi connectivity index (χ4v) is 8.61. The van der Waals surface area contributed by atoms with Crippen LogP contribution in [0.3, 0.4) is 0 Å². The van der Waals surface area contributed by atoms with Gasteiger partial charge in [0, 0.05) is 32.7 Å². The van der Waals surface area contributed by atoms with Crippen LogP contribution in [0.5, 0.6) is 0 Å². The Morgan fingerprint density at radius 3 is 1.28 bits per heavy atom. The molecule has 0 unspecified atom stereocenters. The van der Waals surface area contributed by atoms with Gasteiger partial charge in [-0.2, -0.15) is 0 Å². The van der Waals surface area contributed by atoms with E-state index in [0.717, 1.165) is 77.0 Å². The van der Waals surface area contributed by atoms with Crippen molar-refractivity contribution in [2.45, 2.75) is 37.5 Å². The molecule has 2 aromatic heterocycles. The molecule has 0 aliphatic rings. The molecule has 5 heteroatoms. The zero-order chi connectivity index (χ0) is 32.4. The molecule has 0 aliphatic heterocycles. The van der Waals surface area contributed by atoms with Gasteiger partial charge >= 0.3 is 0 Å². The third kappa shape index (κ3) is 4.61. The van der Waals surface area contributed by atoms with Crippen LogP contribution in [0.15, 0.2) is 131 Å². The first-order valence-electron chi connectivity index (χ1n) is 15.8. The second-order valence-electron chi connectivity index (χ2n) is 12.4. The summed E-state index contributed by atoms with van der Waals surface area (Å²) in [4.78, 5) is 10.5. The van der Waals surface area contributed by atoms with Crippen molar-refractivity contribution in [2.24, 2.45) is 0 Å². The van der Waals surface area contributed by atoms with E-state index in [9.17, 15) is 0 Å². The van der Waals surface area contributed by atoms with E-state index in [-0.39, 0.29) is 9.79 Å². The van der Waals surface area contributed by atoms with Gasteiger partial charge in [0.15, 0.2) is 0 Å². The van der Waals surface area contributed by atoms with Gasteiger partial charge in [-0.25, -0.2) is 18.4 Å². The number of rotatable bonds is 4. The maximum atomic E-state index is 15.1. The van der Waals surface area contributed by atoms with Gasteiger partial charge in [-0.1, -0.05) is 72.8 Å².